The zero-order chi connectivity index (χ0) is 21.5. The number of methoxy groups -OCH3 is 1. The van der Waals surface area contributed by atoms with Crippen molar-refractivity contribution in [2.75, 3.05) is 12.4 Å². The monoisotopic (exact) mass is 400 g/mol. The molecule has 152 valence electrons. The molecule has 0 aliphatic rings. The van der Waals surface area contributed by atoms with E-state index in [9.17, 15) is 14.9 Å². The van der Waals surface area contributed by atoms with E-state index < -0.39 is 0 Å². The molecule has 5 nitrogen and oxygen atoms in total. The fraction of sp³-hybridized carbons (Fsp3) is 0.240. The quantitative estimate of drug-likeness (QED) is 0.569. The summed E-state index contributed by atoms with van der Waals surface area (Å²) >= 11 is 0. The highest BCUT2D eigenvalue weighted by Crippen LogP contribution is 2.28. The van der Waals surface area contributed by atoms with Crippen molar-refractivity contribution in [1.82, 2.24) is 0 Å². The highest BCUT2D eigenvalue weighted by molar-refractivity contribution is 5.99. The van der Waals surface area contributed by atoms with E-state index in [0.717, 1.165) is 21.9 Å². The number of carbonyl (C=O) groups is 2. The highest BCUT2D eigenvalue weighted by atomic mass is 16.5. The first-order valence-corrected chi connectivity index (χ1v) is 9.92. The first-order valence-electron chi connectivity index (χ1n) is 9.92. The number of hydrogen-bond acceptors (Lipinski definition) is 4. The van der Waals surface area contributed by atoms with Gasteiger partial charge < -0.3 is 10.1 Å². The number of aryl methyl sites for hydroxylation is 1. The highest BCUT2D eigenvalue weighted by Gasteiger charge is 2.19. The first-order chi connectivity index (χ1) is 14.5. The predicted molar refractivity (Wildman–Crippen MR) is 117 cm³/mol. The predicted octanol–water partition coefficient (Wildman–Crippen LogP) is 4.95. The molecule has 0 aliphatic carbocycles. The molecule has 0 radical (unpaired) electrons. The molecular formula is C25H24N2O3. The summed E-state index contributed by atoms with van der Waals surface area (Å²) in [5, 5.41) is 14.4. The molecule has 1 N–H and O–H groups in total. The Labute approximate surface area is 176 Å². The number of esters is 1. The lowest BCUT2D eigenvalue weighted by Gasteiger charge is -2.17. The molecule has 5 heteroatoms. The Hall–Kier alpha value is -3.65. The van der Waals surface area contributed by atoms with Crippen molar-refractivity contribution in [3.05, 3.63) is 77.4 Å². The zero-order valence-electron chi connectivity index (χ0n) is 17.1. The summed E-state index contributed by atoms with van der Waals surface area (Å²) in [6.45, 7) is 1.88. The van der Waals surface area contributed by atoms with E-state index in [0.29, 0.717) is 30.5 Å². The van der Waals surface area contributed by atoms with Crippen LogP contribution in [0.1, 0.15) is 42.4 Å². The van der Waals surface area contributed by atoms with Gasteiger partial charge in [-0.15, -0.1) is 0 Å². The number of amides is 1. The summed E-state index contributed by atoms with van der Waals surface area (Å²) < 4.78 is 4.68. The second-order valence-electron chi connectivity index (χ2n) is 7.19. The number of nitrogens with zero attached hydrogens (tertiary/aromatic N) is 1. The molecule has 0 heterocycles. The van der Waals surface area contributed by atoms with Crippen molar-refractivity contribution < 1.29 is 14.3 Å². The van der Waals surface area contributed by atoms with Crippen LogP contribution < -0.4 is 5.32 Å². The van der Waals surface area contributed by atoms with E-state index in [4.69, 9.17) is 0 Å². The largest absolute Gasteiger partial charge is 0.469 e. The lowest BCUT2D eigenvalue weighted by molar-refractivity contribution is -0.140. The molecule has 1 atom stereocenters. The first kappa shape index (κ1) is 21.1. The average molecular weight is 400 g/mol. The van der Waals surface area contributed by atoms with Crippen LogP contribution in [0.25, 0.3) is 10.8 Å². The fourth-order valence-electron chi connectivity index (χ4n) is 3.52. The number of nitrogens with one attached hydrogen (secondary N) is 1. The summed E-state index contributed by atoms with van der Waals surface area (Å²) in [5.41, 5.74) is 2.92. The van der Waals surface area contributed by atoms with Crippen LogP contribution in [-0.4, -0.2) is 19.0 Å². The SMILES string of the molecule is COC(=O)CCCc1ccc(C#N)cc1NC(=O)C(C)c1cccc2ccccc12. The molecule has 0 spiro atoms. The van der Waals surface area contributed by atoms with Crippen molar-refractivity contribution in [2.24, 2.45) is 0 Å². The van der Waals surface area contributed by atoms with Gasteiger partial charge >= 0.3 is 5.97 Å². The Morgan fingerprint density at radius 3 is 2.63 bits per heavy atom. The smallest absolute Gasteiger partial charge is 0.305 e. The van der Waals surface area contributed by atoms with E-state index in [1.807, 2.05) is 55.5 Å². The molecule has 30 heavy (non-hydrogen) atoms. The number of benzene rings is 3. The van der Waals surface area contributed by atoms with E-state index in [2.05, 4.69) is 16.1 Å². The van der Waals surface area contributed by atoms with Gasteiger partial charge in [-0.1, -0.05) is 48.5 Å². The Bertz CT molecular complexity index is 1110. The zero-order valence-corrected chi connectivity index (χ0v) is 17.1. The van der Waals surface area contributed by atoms with E-state index in [-0.39, 0.29) is 17.8 Å². The third-order valence-corrected chi connectivity index (χ3v) is 5.23. The van der Waals surface area contributed by atoms with Crippen molar-refractivity contribution in [3.8, 4) is 6.07 Å². The van der Waals surface area contributed by atoms with Crippen molar-refractivity contribution >= 4 is 28.3 Å². The maximum atomic E-state index is 13.1. The van der Waals surface area contributed by atoms with Gasteiger partial charge in [0.05, 0.1) is 24.7 Å². The number of ether oxygens (including phenoxy) is 1. The Balaban J connectivity index is 1.82. The molecule has 0 aromatic heterocycles. The van der Waals surface area contributed by atoms with Gasteiger partial charge in [0.2, 0.25) is 5.91 Å². The second kappa shape index (κ2) is 9.71. The van der Waals surface area contributed by atoms with Crippen LogP contribution in [0, 0.1) is 11.3 Å². The molecular weight excluding hydrogens is 376 g/mol. The minimum absolute atomic E-state index is 0.143. The topological polar surface area (TPSA) is 79.2 Å². The summed E-state index contributed by atoms with van der Waals surface area (Å²) in [4.78, 5) is 24.5. The minimum Gasteiger partial charge on any atom is -0.469 e. The molecule has 0 bridgehead atoms. The Kier molecular flexibility index (Phi) is 6.82. The molecule has 1 amide bonds. The standard InChI is InChI=1S/C25H24N2O3/c1-17(21-11-5-8-19-7-3-4-10-22(19)21)25(29)27-23-15-18(16-26)13-14-20(23)9-6-12-24(28)30-2/h3-5,7-8,10-11,13-15,17H,6,9,12H2,1-2H3,(H,27,29). The van der Waals surface area contributed by atoms with Crippen LogP contribution in [0.15, 0.2) is 60.7 Å². The fourth-order valence-corrected chi connectivity index (χ4v) is 3.52. The lowest BCUT2D eigenvalue weighted by atomic mass is 9.94. The van der Waals surface area contributed by atoms with Gasteiger partial charge in [0.1, 0.15) is 0 Å². The van der Waals surface area contributed by atoms with E-state index in [1.165, 1.54) is 7.11 Å². The van der Waals surface area contributed by atoms with Gasteiger partial charge in [0, 0.05) is 12.1 Å². The summed E-state index contributed by atoms with van der Waals surface area (Å²) in [5.74, 6) is -0.778. The van der Waals surface area contributed by atoms with Gasteiger partial charge in [0.25, 0.3) is 0 Å². The minimum atomic E-state index is -0.371. The number of anilines is 1. The second-order valence-corrected chi connectivity index (χ2v) is 7.19. The molecule has 0 aliphatic heterocycles. The summed E-state index contributed by atoms with van der Waals surface area (Å²) in [6.07, 6.45) is 1.50. The van der Waals surface area contributed by atoms with Crippen LogP contribution in [-0.2, 0) is 20.7 Å². The van der Waals surface area contributed by atoms with Crippen LogP contribution in [0.4, 0.5) is 5.69 Å². The lowest BCUT2D eigenvalue weighted by Crippen LogP contribution is -2.20. The van der Waals surface area contributed by atoms with Gasteiger partial charge in [-0.2, -0.15) is 5.26 Å². The molecule has 0 saturated carbocycles. The molecule has 0 saturated heterocycles. The van der Waals surface area contributed by atoms with Gasteiger partial charge in [0.15, 0.2) is 0 Å². The molecule has 3 aromatic rings. The van der Waals surface area contributed by atoms with E-state index in [1.54, 1.807) is 12.1 Å². The average Bonchev–Trinajstić information content (AvgIpc) is 2.78. The molecule has 3 aromatic carbocycles. The van der Waals surface area contributed by atoms with Crippen LogP contribution in [0.3, 0.4) is 0 Å². The Morgan fingerprint density at radius 2 is 1.87 bits per heavy atom. The number of fused-ring (bicyclic) bond motifs is 1. The third-order valence-electron chi connectivity index (χ3n) is 5.23. The van der Waals surface area contributed by atoms with E-state index >= 15 is 0 Å². The maximum Gasteiger partial charge on any atom is 0.305 e. The molecule has 3 rings (SSSR count). The number of nitriles is 1. The van der Waals surface area contributed by atoms with Crippen LogP contribution in [0.2, 0.25) is 0 Å². The third kappa shape index (κ3) is 4.84. The number of hydrogen-bond donors (Lipinski definition) is 1. The molecule has 0 fully saturated rings. The molecule has 1 unspecified atom stereocenters. The summed E-state index contributed by atoms with van der Waals surface area (Å²) in [7, 11) is 1.37. The van der Waals surface area contributed by atoms with Crippen LogP contribution in [0.5, 0.6) is 0 Å². The Morgan fingerprint density at radius 1 is 1.10 bits per heavy atom. The maximum absolute atomic E-state index is 13.1. The van der Waals surface area contributed by atoms with Gasteiger partial charge in [-0.05, 0) is 53.8 Å². The number of carbonyl (C=O) groups excluding carboxylic acids is 2. The number of rotatable bonds is 7. The normalized spacial score (nSPS) is 11.5. The van der Waals surface area contributed by atoms with Crippen LogP contribution >= 0.6 is 0 Å². The van der Waals surface area contributed by atoms with Crippen molar-refractivity contribution in [1.29, 1.82) is 5.26 Å². The van der Waals surface area contributed by atoms with Gasteiger partial charge in [-0.3, -0.25) is 9.59 Å². The van der Waals surface area contributed by atoms with Crippen molar-refractivity contribution in [2.45, 2.75) is 32.1 Å². The summed E-state index contributed by atoms with van der Waals surface area (Å²) in [6, 6.07) is 21.3. The van der Waals surface area contributed by atoms with Gasteiger partial charge in [-0.25, -0.2) is 0 Å². The van der Waals surface area contributed by atoms with Crippen molar-refractivity contribution in [3.63, 3.8) is 0 Å².